The van der Waals surface area contributed by atoms with Crippen LogP contribution in [0.25, 0.3) is 0 Å². The highest BCUT2D eigenvalue weighted by molar-refractivity contribution is 5.50. The molecule has 1 unspecified atom stereocenters. The van der Waals surface area contributed by atoms with Crippen molar-refractivity contribution in [2.75, 3.05) is 31.2 Å². The second kappa shape index (κ2) is 4.80. The average Bonchev–Trinajstić information content (AvgIpc) is 2.30. The van der Waals surface area contributed by atoms with Crippen molar-refractivity contribution in [3.63, 3.8) is 0 Å². The fourth-order valence-corrected chi connectivity index (χ4v) is 1.84. The molecule has 1 N–H and O–H groups in total. The summed E-state index contributed by atoms with van der Waals surface area (Å²) in [6, 6.07) is 4.74. The Morgan fingerprint density at radius 2 is 2.06 bits per heavy atom. The van der Waals surface area contributed by atoms with E-state index in [-0.39, 0.29) is 5.82 Å². The molecule has 1 saturated heterocycles. The molecule has 0 amide bonds. The van der Waals surface area contributed by atoms with E-state index in [1.54, 1.807) is 19.1 Å². The first-order valence-electron chi connectivity index (χ1n) is 5.48. The molecule has 2 rings (SSSR count). The third-order valence-electron chi connectivity index (χ3n) is 2.80. The van der Waals surface area contributed by atoms with Gasteiger partial charge in [0.1, 0.15) is 5.82 Å². The summed E-state index contributed by atoms with van der Waals surface area (Å²) in [5.41, 5.74) is 1.30. The summed E-state index contributed by atoms with van der Waals surface area (Å²) in [7, 11) is 0. The molecule has 0 saturated carbocycles. The Labute approximate surface area is 94.4 Å². The minimum Gasteiger partial charge on any atom is -0.389 e. The number of aliphatic hydroxyl groups excluding tert-OH is 1. The summed E-state index contributed by atoms with van der Waals surface area (Å²) in [4.78, 5) is 1.95. The van der Waals surface area contributed by atoms with Gasteiger partial charge in [-0.15, -0.1) is 0 Å². The molecule has 1 aromatic carbocycles. The van der Waals surface area contributed by atoms with Gasteiger partial charge in [0.15, 0.2) is 0 Å². The lowest BCUT2D eigenvalue weighted by Gasteiger charge is -2.29. The molecule has 16 heavy (non-hydrogen) atoms. The zero-order valence-corrected chi connectivity index (χ0v) is 9.32. The quantitative estimate of drug-likeness (QED) is 0.831. The molecule has 1 aliphatic heterocycles. The second-order valence-corrected chi connectivity index (χ2v) is 3.99. The lowest BCUT2D eigenvalue weighted by Crippen LogP contribution is -2.36. The largest absolute Gasteiger partial charge is 0.389 e. The SMILES string of the molecule is CC(O)c1ccc(F)c(N2CCOCC2)c1. The molecule has 1 aliphatic rings. The van der Waals surface area contributed by atoms with E-state index in [4.69, 9.17) is 4.74 Å². The number of ether oxygens (including phenoxy) is 1. The molecule has 0 radical (unpaired) electrons. The molecular formula is C12H16FNO2. The Morgan fingerprint density at radius 3 is 2.69 bits per heavy atom. The zero-order chi connectivity index (χ0) is 11.5. The minimum atomic E-state index is -0.569. The van der Waals surface area contributed by atoms with Gasteiger partial charge in [-0.05, 0) is 24.6 Å². The summed E-state index contributed by atoms with van der Waals surface area (Å²) in [5.74, 6) is -0.244. The van der Waals surface area contributed by atoms with Gasteiger partial charge in [-0.1, -0.05) is 6.07 Å². The van der Waals surface area contributed by atoms with Gasteiger partial charge in [0.2, 0.25) is 0 Å². The molecule has 0 bridgehead atoms. The van der Waals surface area contributed by atoms with E-state index in [1.165, 1.54) is 6.07 Å². The van der Waals surface area contributed by atoms with Crippen LogP contribution in [0.3, 0.4) is 0 Å². The smallest absolute Gasteiger partial charge is 0.146 e. The van der Waals surface area contributed by atoms with Crippen molar-refractivity contribution in [1.29, 1.82) is 0 Å². The van der Waals surface area contributed by atoms with Crippen molar-refractivity contribution < 1.29 is 14.2 Å². The van der Waals surface area contributed by atoms with Crippen LogP contribution in [-0.4, -0.2) is 31.4 Å². The molecule has 3 nitrogen and oxygen atoms in total. The molecule has 0 spiro atoms. The number of nitrogens with zero attached hydrogens (tertiary/aromatic N) is 1. The maximum absolute atomic E-state index is 13.7. The van der Waals surface area contributed by atoms with Crippen molar-refractivity contribution in [1.82, 2.24) is 0 Å². The highest BCUT2D eigenvalue weighted by Crippen LogP contribution is 2.24. The van der Waals surface area contributed by atoms with Gasteiger partial charge in [0, 0.05) is 13.1 Å². The lowest BCUT2D eigenvalue weighted by atomic mass is 10.1. The fourth-order valence-electron chi connectivity index (χ4n) is 1.84. The average molecular weight is 225 g/mol. The van der Waals surface area contributed by atoms with E-state index >= 15 is 0 Å². The van der Waals surface area contributed by atoms with Gasteiger partial charge < -0.3 is 14.7 Å². The molecular weight excluding hydrogens is 209 g/mol. The molecule has 88 valence electrons. The van der Waals surface area contributed by atoms with Gasteiger partial charge in [0.05, 0.1) is 25.0 Å². The fraction of sp³-hybridized carbons (Fsp3) is 0.500. The third-order valence-corrected chi connectivity index (χ3v) is 2.80. The predicted molar refractivity (Wildman–Crippen MR) is 60.1 cm³/mol. The first-order chi connectivity index (χ1) is 7.68. The number of halogens is 1. The predicted octanol–water partition coefficient (Wildman–Crippen LogP) is 1.72. The molecule has 1 atom stereocenters. The summed E-state index contributed by atoms with van der Waals surface area (Å²) in [6.45, 7) is 4.31. The van der Waals surface area contributed by atoms with Crippen LogP contribution in [0.1, 0.15) is 18.6 Å². The third kappa shape index (κ3) is 2.33. The van der Waals surface area contributed by atoms with Gasteiger partial charge >= 0.3 is 0 Å². The van der Waals surface area contributed by atoms with Crippen LogP contribution < -0.4 is 4.90 Å². The van der Waals surface area contributed by atoms with Crippen LogP contribution in [0.4, 0.5) is 10.1 Å². The number of aliphatic hydroxyl groups is 1. The molecule has 1 aromatic rings. The number of benzene rings is 1. The van der Waals surface area contributed by atoms with Gasteiger partial charge in [0.25, 0.3) is 0 Å². The molecule has 1 fully saturated rings. The highest BCUT2D eigenvalue weighted by atomic mass is 19.1. The van der Waals surface area contributed by atoms with Crippen LogP contribution in [0.2, 0.25) is 0 Å². The number of anilines is 1. The number of hydrogen-bond donors (Lipinski definition) is 1. The van der Waals surface area contributed by atoms with E-state index in [9.17, 15) is 9.50 Å². The van der Waals surface area contributed by atoms with Crippen LogP contribution in [0.15, 0.2) is 18.2 Å². The Balaban J connectivity index is 2.27. The zero-order valence-electron chi connectivity index (χ0n) is 9.32. The molecule has 0 aromatic heterocycles. The number of hydrogen-bond acceptors (Lipinski definition) is 3. The van der Waals surface area contributed by atoms with Crippen molar-refractivity contribution in [2.24, 2.45) is 0 Å². The van der Waals surface area contributed by atoms with Crippen LogP contribution in [-0.2, 0) is 4.74 Å². The monoisotopic (exact) mass is 225 g/mol. The van der Waals surface area contributed by atoms with Crippen LogP contribution in [0.5, 0.6) is 0 Å². The Bertz CT molecular complexity index is 362. The summed E-state index contributed by atoms with van der Waals surface area (Å²) >= 11 is 0. The normalized spacial score (nSPS) is 18.6. The summed E-state index contributed by atoms with van der Waals surface area (Å²) in [5, 5.41) is 9.47. The van der Waals surface area contributed by atoms with Crippen molar-refractivity contribution in [2.45, 2.75) is 13.0 Å². The second-order valence-electron chi connectivity index (χ2n) is 3.99. The number of morpholine rings is 1. The maximum atomic E-state index is 13.7. The van der Waals surface area contributed by atoms with Gasteiger partial charge in [-0.3, -0.25) is 0 Å². The first kappa shape index (κ1) is 11.4. The van der Waals surface area contributed by atoms with Gasteiger partial charge in [-0.25, -0.2) is 4.39 Å². The Morgan fingerprint density at radius 1 is 1.38 bits per heavy atom. The van der Waals surface area contributed by atoms with Crippen LogP contribution in [0, 0.1) is 5.82 Å². The van der Waals surface area contributed by atoms with E-state index in [0.29, 0.717) is 32.0 Å². The molecule has 4 heteroatoms. The van der Waals surface area contributed by atoms with Crippen molar-refractivity contribution in [3.05, 3.63) is 29.6 Å². The molecule has 1 heterocycles. The van der Waals surface area contributed by atoms with Crippen molar-refractivity contribution in [3.8, 4) is 0 Å². The standard InChI is InChI=1S/C12H16FNO2/c1-9(15)10-2-3-11(13)12(8-10)14-4-6-16-7-5-14/h2-3,8-9,15H,4-7H2,1H3. The topological polar surface area (TPSA) is 32.7 Å². The summed E-state index contributed by atoms with van der Waals surface area (Å²) < 4.78 is 18.9. The Kier molecular flexibility index (Phi) is 3.41. The maximum Gasteiger partial charge on any atom is 0.146 e. The first-order valence-corrected chi connectivity index (χ1v) is 5.48. The molecule has 0 aliphatic carbocycles. The van der Waals surface area contributed by atoms with E-state index in [2.05, 4.69) is 0 Å². The highest BCUT2D eigenvalue weighted by Gasteiger charge is 2.16. The van der Waals surface area contributed by atoms with Crippen molar-refractivity contribution >= 4 is 5.69 Å². The van der Waals surface area contributed by atoms with Crippen LogP contribution >= 0.6 is 0 Å². The van der Waals surface area contributed by atoms with E-state index in [0.717, 1.165) is 5.56 Å². The van der Waals surface area contributed by atoms with E-state index in [1.807, 2.05) is 4.90 Å². The lowest BCUT2D eigenvalue weighted by molar-refractivity contribution is 0.122. The summed E-state index contributed by atoms with van der Waals surface area (Å²) in [6.07, 6.45) is -0.569. The minimum absolute atomic E-state index is 0.244. The van der Waals surface area contributed by atoms with Gasteiger partial charge in [-0.2, -0.15) is 0 Å². The Hall–Kier alpha value is -1.13. The van der Waals surface area contributed by atoms with E-state index < -0.39 is 6.10 Å². The number of rotatable bonds is 2.